The molecule has 2 saturated heterocycles. The molecule has 2 aromatic rings. The zero-order valence-electron chi connectivity index (χ0n) is 18.4. The summed E-state index contributed by atoms with van der Waals surface area (Å²) >= 11 is 0. The quantitative estimate of drug-likeness (QED) is 0.372. The van der Waals surface area contributed by atoms with E-state index in [0.717, 1.165) is 19.6 Å². The highest BCUT2D eigenvalue weighted by molar-refractivity contribution is 6.46. The van der Waals surface area contributed by atoms with Crippen LogP contribution in [0.2, 0.25) is 0 Å². The molecule has 2 aliphatic heterocycles. The second kappa shape index (κ2) is 10.0. The second-order valence-corrected chi connectivity index (χ2v) is 7.96. The Bertz CT molecular complexity index is 1050. The molecule has 9 heteroatoms. The van der Waals surface area contributed by atoms with Crippen LogP contribution in [0.25, 0.3) is 5.76 Å². The van der Waals surface area contributed by atoms with Crippen LogP contribution in [-0.2, 0) is 14.3 Å². The van der Waals surface area contributed by atoms with Gasteiger partial charge in [0.2, 0.25) is 0 Å². The molecular weight excluding hydrogens is 426 g/mol. The SMILES string of the molecule is COc1ccc(C(O)=C2C(=O)C(=O)N(CCCN3CCOCC3)C2c2ccncc2)c(O)c1. The lowest BCUT2D eigenvalue weighted by Gasteiger charge is -2.29. The van der Waals surface area contributed by atoms with Crippen LogP contribution < -0.4 is 4.74 Å². The number of hydrogen-bond donors (Lipinski definition) is 2. The molecule has 2 aliphatic rings. The van der Waals surface area contributed by atoms with E-state index < -0.39 is 23.5 Å². The topological polar surface area (TPSA) is 112 Å². The van der Waals surface area contributed by atoms with Crippen molar-refractivity contribution in [3.63, 3.8) is 0 Å². The number of ether oxygens (including phenoxy) is 2. The number of ketones is 1. The van der Waals surface area contributed by atoms with Gasteiger partial charge in [-0.2, -0.15) is 0 Å². The van der Waals surface area contributed by atoms with Gasteiger partial charge in [0.15, 0.2) is 0 Å². The van der Waals surface area contributed by atoms with Crippen LogP contribution in [0.1, 0.15) is 23.6 Å². The molecule has 2 N–H and O–H groups in total. The maximum absolute atomic E-state index is 13.1. The minimum atomic E-state index is -0.782. The first-order valence-corrected chi connectivity index (χ1v) is 10.9. The van der Waals surface area contributed by atoms with Gasteiger partial charge < -0.3 is 24.6 Å². The summed E-state index contributed by atoms with van der Waals surface area (Å²) in [4.78, 5) is 33.8. The summed E-state index contributed by atoms with van der Waals surface area (Å²) in [5, 5.41) is 21.5. The molecule has 174 valence electrons. The number of methoxy groups -OCH3 is 1. The molecule has 3 heterocycles. The highest BCUT2D eigenvalue weighted by atomic mass is 16.5. The smallest absolute Gasteiger partial charge is 0.295 e. The summed E-state index contributed by atoms with van der Waals surface area (Å²) in [6.45, 7) is 4.17. The first kappa shape index (κ1) is 22.8. The van der Waals surface area contributed by atoms with E-state index in [-0.39, 0.29) is 16.9 Å². The number of rotatable bonds is 7. The number of nitrogens with zero attached hydrogens (tertiary/aromatic N) is 3. The summed E-state index contributed by atoms with van der Waals surface area (Å²) in [6.07, 6.45) is 3.82. The molecule has 0 spiro atoms. The van der Waals surface area contributed by atoms with Gasteiger partial charge in [-0.15, -0.1) is 0 Å². The maximum atomic E-state index is 13.1. The number of pyridine rings is 1. The van der Waals surface area contributed by atoms with Gasteiger partial charge in [-0.3, -0.25) is 19.5 Å². The summed E-state index contributed by atoms with van der Waals surface area (Å²) in [6, 6.07) is 7.01. The fourth-order valence-electron chi connectivity index (χ4n) is 4.28. The Morgan fingerprint density at radius 3 is 2.55 bits per heavy atom. The molecular formula is C24H27N3O6. The Hall–Kier alpha value is -3.43. The van der Waals surface area contributed by atoms with E-state index in [1.807, 2.05) is 0 Å². The third kappa shape index (κ3) is 4.69. The van der Waals surface area contributed by atoms with Crippen molar-refractivity contribution in [3.05, 3.63) is 59.4 Å². The molecule has 1 aromatic heterocycles. The molecule has 1 unspecified atom stereocenters. The number of phenols is 1. The molecule has 1 amide bonds. The third-order valence-electron chi connectivity index (χ3n) is 6.00. The molecule has 2 fully saturated rings. The number of benzene rings is 1. The van der Waals surface area contributed by atoms with Gasteiger partial charge in [-0.25, -0.2) is 0 Å². The number of carbonyl (C=O) groups excluding carboxylic acids is 2. The van der Waals surface area contributed by atoms with Crippen LogP contribution in [0.4, 0.5) is 0 Å². The highest BCUT2D eigenvalue weighted by Gasteiger charge is 2.46. The molecule has 33 heavy (non-hydrogen) atoms. The minimum Gasteiger partial charge on any atom is -0.507 e. The van der Waals surface area contributed by atoms with Gasteiger partial charge in [-0.1, -0.05) is 0 Å². The van der Waals surface area contributed by atoms with Crippen LogP contribution in [0, 0.1) is 0 Å². The number of amides is 1. The van der Waals surface area contributed by atoms with E-state index in [1.165, 1.54) is 24.1 Å². The van der Waals surface area contributed by atoms with Crippen LogP contribution in [-0.4, -0.2) is 83.2 Å². The van der Waals surface area contributed by atoms with Crippen LogP contribution in [0.15, 0.2) is 48.3 Å². The van der Waals surface area contributed by atoms with Crippen LogP contribution in [0.3, 0.4) is 0 Å². The molecule has 0 aliphatic carbocycles. The monoisotopic (exact) mass is 453 g/mol. The number of phenolic OH excluding ortho intramolecular Hbond substituents is 1. The zero-order chi connectivity index (χ0) is 23.4. The molecule has 0 saturated carbocycles. The Labute approximate surface area is 191 Å². The zero-order valence-corrected chi connectivity index (χ0v) is 18.4. The Balaban J connectivity index is 1.67. The molecule has 9 nitrogen and oxygen atoms in total. The summed E-state index contributed by atoms with van der Waals surface area (Å²) < 4.78 is 10.5. The second-order valence-electron chi connectivity index (χ2n) is 7.96. The fourth-order valence-corrected chi connectivity index (χ4v) is 4.28. The average molecular weight is 453 g/mol. The highest BCUT2D eigenvalue weighted by Crippen LogP contribution is 2.41. The van der Waals surface area contributed by atoms with Gasteiger partial charge in [-0.05, 0) is 36.2 Å². The first-order chi connectivity index (χ1) is 16.0. The lowest BCUT2D eigenvalue weighted by atomic mass is 9.95. The first-order valence-electron chi connectivity index (χ1n) is 10.9. The van der Waals surface area contributed by atoms with Gasteiger partial charge in [0.05, 0.1) is 37.5 Å². The summed E-state index contributed by atoms with van der Waals surface area (Å²) in [5.41, 5.74) is 0.657. The van der Waals surface area contributed by atoms with E-state index >= 15 is 0 Å². The lowest BCUT2D eigenvalue weighted by Crippen LogP contribution is -2.38. The van der Waals surface area contributed by atoms with Crippen molar-refractivity contribution in [1.82, 2.24) is 14.8 Å². The van der Waals surface area contributed by atoms with Crippen molar-refractivity contribution in [2.45, 2.75) is 12.5 Å². The predicted octanol–water partition coefficient (Wildman–Crippen LogP) is 1.94. The number of morpholine rings is 1. The maximum Gasteiger partial charge on any atom is 0.295 e. The number of carbonyl (C=O) groups is 2. The minimum absolute atomic E-state index is 0.0566. The number of Topliss-reactive ketones (excluding diaryl/α,β-unsaturated/α-hetero) is 1. The largest absolute Gasteiger partial charge is 0.507 e. The van der Waals surface area contributed by atoms with Crippen molar-refractivity contribution in [1.29, 1.82) is 0 Å². The van der Waals surface area contributed by atoms with Crippen LogP contribution >= 0.6 is 0 Å². The standard InChI is InChI=1S/C24H27N3O6/c1-32-17-3-4-18(19(28)15-17)22(29)20-21(16-5-7-25-8-6-16)27(24(31)23(20)30)10-2-9-26-11-13-33-14-12-26/h3-8,15,21,28-29H,2,9-14H2,1H3. The van der Waals surface area contributed by atoms with Crippen molar-refractivity contribution in [2.24, 2.45) is 0 Å². The summed E-state index contributed by atoms with van der Waals surface area (Å²) in [5.74, 6) is -1.73. The number of likely N-dealkylation sites (tertiary alicyclic amines) is 1. The van der Waals surface area contributed by atoms with E-state index in [0.29, 0.717) is 37.5 Å². The molecule has 0 radical (unpaired) electrons. The third-order valence-corrected chi connectivity index (χ3v) is 6.00. The number of aliphatic hydroxyl groups excluding tert-OH is 1. The molecule has 0 bridgehead atoms. The van der Waals surface area contributed by atoms with E-state index in [2.05, 4.69) is 9.88 Å². The van der Waals surface area contributed by atoms with Crippen molar-refractivity contribution < 1.29 is 29.3 Å². The van der Waals surface area contributed by atoms with E-state index in [9.17, 15) is 19.8 Å². The van der Waals surface area contributed by atoms with Crippen LogP contribution in [0.5, 0.6) is 11.5 Å². The Kier molecular flexibility index (Phi) is 6.90. The molecule has 4 rings (SSSR count). The Morgan fingerprint density at radius 2 is 1.88 bits per heavy atom. The number of hydrogen-bond acceptors (Lipinski definition) is 8. The number of aliphatic hydroxyl groups is 1. The average Bonchev–Trinajstić information content (AvgIpc) is 3.10. The van der Waals surface area contributed by atoms with Gasteiger partial charge in [0.1, 0.15) is 17.3 Å². The number of aromatic hydroxyl groups is 1. The van der Waals surface area contributed by atoms with Crippen molar-refractivity contribution >= 4 is 17.4 Å². The van der Waals surface area contributed by atoms with Gasteiger partial charge in [0, 0.05) is 44.6 Å². The Morgan fingerprint density at radius 1 is 1.15 bits per heavy atom. The van der Waals surface area contributed by atoms with Crippen molar-refractivity contribution in [3.8, 4) is 11.5 Å². The fraction of sp³-hybridized carbons (Fsp3) is 0.375. The summed E-state index contributed by atoms with van der Waals surface area (Å²) in [7, 11) is 1.46. The van der Waals surface area contributed by atoms with Gasteiger partial charge >= 0.3 is 0 Å². The van der Waals surface area contributed by atoms with Gasteiger partial charge in [0.25, 0.3) is 11.7 Å². The molecule has 1 aromatic carbocycles. The van der Waals surface area contributed by atoms with E-state index in [4.69, 9.17) is 9.47 Å². The number of aromatic nitrogens is 1. The predicted molar refractivity (Wildman–Crippen MR) is 120 cm³/mol. The normalized spacial score (nSPS) is 20.9. The lowest BCUT2D eigenvalue weighted by molar-refractivity contribution is -0.140. The van der Waals surface area contributed by atoms with Crippen molar-refractivity contribution in [2.75, 3.05) is 46.5 Å². The van der Waals surface area contributed by atoms with E-state index in [1.54, 1.807) is 30.6 Å². The molecule has 1 atom stereocenters.